The van der Waals surface area contributed by atoms with Gasteiger partial charge in [-0.25, -0.2) is 9.18 Å². The Labute approximate surface area is 233 Å². The van der Waals surface area contributed by atoms with Crippen molar-refractivity contribution in [1.82, 2.24) is 10.6 Å². The van der Waals surface area contributed by atoms with E-state index >= 15 is 4.39 Å². The summed E-state index contributed by atoms with van der Waals surface area (Å²) in [7, 11) is 0. The first-order chi connectivity index (χ1) is 17.9. The summed E-state index contributed by atoms with van der Waals surface area (Å²) in [6.07, 6.45) is 3.68. The van der Waals surface area contributed by atoms with Crippen LogP contribution >= 0.6 is 0 Å². The van der Waals surface area contributed by atoms with E-state index in [1.54, 1.807) is 24.3 Å². The number of piperidine rings is 2. The molecule has 2 fully saturated rings. The monoisotopic (exact) mass is 542 g/mol. The highest BCUT2D eigenvalue weighted by atomic mass is 19.1. The molecular weight excluding hydrogens is 495 g/mol. The third-order valence-corrected chi connectivity index (χ3v) is 8.16. The maximum Gasteiger partial charge on any atom is 0.338 e. The summed E-state index contributed by atoms with van der Waals surface area (Å²) in [5.41, 5.74) is 1.30. The van der Waals surface area contributed by atoms with Gasteiger partial charge in [-0.3, -0.25) is 4.79 Å². The highest BCUT2D eigenvalue weighted by Gasteiger charge is 2.41. The van der Waals surface area contributed by atoms with Gasteiger partial charge in [-0.15, -0.1) is 0 Å². The number of ether oxygens (including phenoxy) is 2. The van der Waals surface area contributed by atoms with E-state index in [4.69, 9.17) is 9.47 Å². The van der Waals surface area contributed by atoms with Crippen LogP contribution in [0.3, 0.4) is 0 Å². The maximum atomic E-state index is 15.2. The van der Waals surface area contributed by atoms with Crippen LogP contribution in [0.15, 0.2) is 30.1 Å². The Morgan fingerprint density at radius 3 is 1.69 bits per heavy atom. The fourth-order valence-corrected chi connectivity index (χ4v) is 7.31. The maximum absolute atomic E-state index is 15.2. The second-order valence-corrected chi connectivity index (χ2v) is 14.6. The van der Waals surface area contributed by atoms with Gasteiger partial charge in [0.1, 0.15) is 18.0 Å². The largest absolute Gasteiger partial charge is 0.462 e. The Kier molecular flexibility index (Phi) is 8.10. The van der Waals surface area contributed by atoms with Crippen molar-refractivity contribution in [3.8, 4) is 0 Å². The summed E-state index contributed by atoms with van der Waals surface area (Å²) in [6, 6.07) is 6.96. The van der Waals surface area contributed by atoms with Crippen molar-refractivity contribution in [1.29, 1.82) is 0 Å². The predicted molar refractivity (Wildman–Crippen MR) is 152 cm³/mol. The standard InChI is InChI=1S/C32H47FN2O4/c1-29(2)16-23(17-30(3,4)34-29)38-27(36)21-11-9-20(10-12-21)25-14-13-22(15-26(25)33)28(37)39-24-18-31(5,6)35-32(7,8)19-24/h9-12,22-24,34-35H,13-19H2,1-8H3. The quantitative estimate of drug-likeness (QED) is 0.415. The second kappa shape index (κ2) is 10.6. The third-order valence-electron chi connectivity index (χ3n) is 8.16. The third kappa shape index (κ3) is 7.69. The number of halogens is 1. The van der Waals surface area contributed by atoms with Gasteiger partial charge in [0, 0.05) is 54.3 Å². The first-order valence-electron chi connectivity index (χ1n) is 14.4. The molecule has 2 heterocycles. The van der Waals surface area contributed by atoms with Crippen molar-refractivity contribution in [2.75, 3.05) is 0 Å². The van der Waals surface area contributed by atoms with Crippen LogP contribution in [0, 0.1) is 5.92 Å². The van der Waals surface area contributed by atoms with Gasteiger partial charge < -0.3 is 20.1 Å². The molecule has 2 aliphatic heterocycles. The fourth-order valence-electron chi connectivity index (χ4n) is 7.31. The van der Waals surface area contributed by atoms with E-state index < -0.39 is 5.92 Å². The van der Waals surface area contributed by atoms with Crippen LogP contribution in [0.2, 0.25) is 0 Å². The van der Waals surface area contributed by atoms with Gasteiger partial charge in [0.2, 0.25) is 0 Å². The van der Waals surface area contributed by atoms with Gasteiger partial charge in [-0.2, -0.15) is 0 Å². The minimum atomic E-state index is -0.470. The number of hydrogen-bond acceptors (Lipinski definition) is 6. The fraction of sp³-hybridized carbons (Fsp3) is 0.688. The van der Waals surface area contributed by atoms with E-state index in [-0.39, 0.29) is 58.5 Å². The molecular formula is C32H47FN2O4. The molecule has 0 spiro atoms. The smallest absolute Gasteiger partial charge is 0.338 e. The lowest BCUT2D eigenvalue weighted by Crippen LogP contribution is -2.59. The van der Waals surface area contributed by atoms with Gasteiger partial charge in [0.15, 0.2) is 0 Å². The number of rotatable bonds is 5. The van der Waals surface area contributed by atoms with Gasteiger partial charge in [-0.05, 0) is 91.5 Å². The van der Waals surface area contributed by atoms with Crippen molar-refractivity contribution in [2.45, 2.75) is 135 Å². The summed E-state index contributed by atoms with van der Waals surface area (Å²) in [5.74, 6) is -1.40. The second-order valence-electron chi connectivity index (χ2n) is 14.6. The average Bonchev–Trinajstić information content (AvgIpc) is 2.74. The lowest BCUT2D eigenvalue weighted by molar-refractivity contribution is -0.158. The van der Waals surface area contributed by atoms with E-state index in [1.165, 1.54) is 0 Å². The molecule has 7 heteroatoms. The minimum absolute atomic E-state index is 0.0526. The first kappa shape index (κ1) is 29.7. The molecule has 6 nitrogen and oxygen atoms in total. The van der Waals surface area contributed by atoms with Crippen molar-refractivity contribution < 1.29 is 23.5 Å². The molecule has 1 aliphatic carbocycles. The zero-order chi connectivity index (χ0) is 28.8. The summed E-state index contributed by atoms with van der Waals surface area (Å²) in [4.78, 5) is 25.8. The molecule has 2 saturated heterocycles. The van der Waals surface area contributed by atoms with Crippen molar-refractivity contribution in [2.24, 2.45) is 5.92 Å². The predicted octanol–water partition coefficient (Wildman–Crippen LogP) is 6.49. The Hall–Kier alpha value is -2.25. The van der Waals surface area contributed by atoms with Gasteiger partial charge in [0.25, 0.3) is 0 Å². The Balaban J connectivity index is 1.35. The lowest BCUT2D eigenvalue weighted by Gasteiger charge is -2.46. The van der Waals surface area contributed by atoms with Gasteiger partial charge in [-0.1, -0.05) is 12.1 Å². The van der Waals surface area contributed by atoms with Crippen LogP contribution in [0.1, 0.15) is 116 Å². The Morgan fingerprint density at radius 2 is 1.23 bits per heavy atom. The Bertz CT molecular complexity index is 1090. The number of esters is 2. The van der Waals surface area contributed by atoms with Gasteiger partial charge >= 0.3 is 11.9 Å². The van der Waals surface area contributed by atoms with E-state index in [2.05, 4.69) is 66.0 Å². The van der Waals surface area contributed by atoms with E-state index in [9.17, 15) is 9.59 Å². The first-order valence-corrected chi connectivity index (χ1v) is 14.4. The molecule has 0 bridgehead atoms. The van der Waals surface area contributed by atoms with Crippen molar-refractivity contribution >= 4 is 17.5 Å². The van der Waals surface area contributed by atoms with Gasteiger partial charge in [0.05, 0.1) is 11.5 Å². The van der Waals surface area contributed by atoms with Crippen LogP contribution in [0.25, 0.3) is 5.57 Å². The minimum Gasteiger partial charge on any atom is -0.462 e. The molecule has 3 aliphatic rings. The van der Waals surface area contributed by atoms with Crippen molar-refractivity contribution in [3.05, 3.63) is 41.2 Å². The van der Waals surface area contributed by atoms with Crippen LogP contribution in [0.5, 0.6) is 0 Å². The molecule has 216 valence electrons. The van der Waals surface area contributed by atoms with Crippen LogP contribution in [-0.4, -0.2) is 46.3 Å². The summed E-state index contributed by atoms with van der Waals surface area (Å²) in [6.45, 7) is 16.9. The zero-order valence-electron chi connectivity index (χ0n) is 25.0. The normalized spacial score (nSPS) is 26.6. The molecule has 39 heavy (non-hydrogen) atoms. The number of allylic oxidation sites excluding steroid dienone is 2. The zero-order valence-corrected chi connectivity index (χ0v) is 25.0. The van der Waals surface area contributed by atoms with Crippen LogP contribution in [0.4, 0.5) is 4.39 Å². The summed E-state index contributed by atoms with van der Waals surface area (Å²) in [5, 5.41) is 7.19. The SMILES string of the molecule is CC1(C)CC(OC(=O)c2ccc(C3=C(F)CC(C(=O)OC4CC(C)(C)NC(C)(C)C4)CC3)cc2)CC(C)(C)N1. The van der Waals surface area contributed by atoms with E-state index in [0.29, 0.717) is 24.0 Å². The highest BCUT2D eigenvalue weighted by molar-refractivity contribution is 5.90. The molecule has 2 N–H and O–H groups in total. The van der Waals surface area contributed by atoms with E-state index in [1.807, 2.05) is 0 Å². The summed E-state index contributed by atoms with van der Waals surface area (Å²) >= 11 is 0. The molecule has 1 aromatic carbocycles. The number of benzene rings is 1. The molecule has 0 radical (unpaired) electrons. The number of carbonyl (C=O) groups excluding carboxylic acids is 2. The Morgan fingerprint density at radius 1 is 0.769 bits per heavy atom. The molecule has 1 atom stereocenters. The lowest BCUT2D eigenvalue weighted by atomic mass is 9.80. The summed E-state index contributed by atoms with van der Waals surface area (Å²) < 4.78 is 27.0. The number of nitrogens with one attached hydrogen (secondary N) is 2. The molecule has 0 aromatic heterocycles. The van der Waals surface area contributed by atoms with Crippen LogP contribution in [-0.2, 0) is 14.3 Å². The molecule has 4 rings (SSSR count). The number of carbonyl (C=O) groups is 2. The molecule has 0 saturated carbocycles. The molecule has 1 aromatic rings. The number of hydrogen-bond donors (Lipinski definition) is 2. The molecule has 1 unspecified atom stereocenters. The van der Waals surface area contributed by atoms with E-state index in [0.717, 1.165) is 31.2 Å². The topological polar surface area (TPSA) is 76.7 Å². The van der Waals surface area contributed by atoms with Crippen LogP contribution < -0.4 is 10.6 Å². The average molecular weight is 543 g/mol. The van der Waals surface area contributed by atoms with Crippen molar-refractivity contribution in [3.63, 3.8) is 0 Å². The highest BCUT2D eigenvalue weighted by Crippen LogP contribution is 2.38. The molecule has 0 amide bonds.